The molecule has 1 heterocycles. The summed E-state index contributed by atoms with van der Waals surface area (Å²) < 4.78 is 8.43. The van der Waals surface area contributed by atoms with Crippen molar-refractivity contribution < 1.29 is 14.3 Å². The third-order valence-electron chi connectivity index (χ3n) is 5.38. The molecule has 0 atom stereocenters. The van der Waals surface area contributed by atoms with E-state index < -0.39 is 5.97 Å². The molecule has 160 valence electrons. The number of carboxylic acids is 1. The highest BCUT2D eigenvalue weighted by atomic mass is 32.1. The molecular weight excluding hydrogens is 422 g/mol. The summed E-state index contributed by atoms with van der Waals surface area (Å²) in [6, 6.07) is 16.7. The number of benzene rings is 3. The zero-order valence-electron chi connectivity index (χ0n) is 18.2. The fraction of sp³-hybridized carbons (Fsp3) is 0.160. The van der Waals surface area contributed by atoms with E-state index in [1.807, 2.05) is 80.1 Å². The summed E-state index contributed by atoms with van der Waals surface area (Å²) in [4.78, 5) is 18.2. The Balaban J connectivity index is 2.29. The molecule has 0 saturated carbocycles. The van der Waals surface area contributed by atoms with Gasteiger partial charge in [0.05, 0.1) is 16.8 Å². The van der Waals surface area contributed by atoms with Crippen molar-refractivity contribution in [2.24, 2.45) is 4.99 Å². The van der Waals surface area contributed by atoms with E-state index in [1.54, 1.807) is 12.1 Å². The van der Waals surface area contributed by atoms with Gasteiger partial charge in [0.15, 0.2) is 5.58 Å². The maximum absolute atomic E-state index is 12.1. The van der Waals surface area contributed by atoms with Crippen molar-refractivity contribution in [3.8, 4) is 22.5 Å². The quantitative estimate of drug-likeness (QED) is 0.213. The summed E-state index contributed by atoms with van der Waals surface area (Å²) in [6.07, 6.45) is 0. The fourth-order valence-electron chi connectivity index (χ4n) is 3.95. The summed E-state index contributed by atoms with van der Waals surface area (Å²) in [7, 11) is 7.72. The van der Waals surface area contributed by atoms with E-state index in [1.165, 1.54) is 0 Å². The zero-order valence-corrected chi connectivity index (χ0v) is 19.0. The molecule has 32 heavy (non-hydrogen) atoms. The Morgan fingerprint density at radius 3 is 2.50 bits per heavy atom. The van der Waals surface area contributed by atoms with Crippen LogP contribution in [0.25, 0.3) is 33.4 Å². The summed E-state index contributed by atoms with van der Waals surface area (Å²) in [5.74, 6) is -0.340. The lowest BCUT2D eigenvalue weighted by Crippen LogP contribution is -2.21. The van der Waals surface area contributed by atoms with E-state index in [9.17, 15) is 9.90 Å². The normalized spacial score (nSPS) is 10.8. The predicted molar refractivity (Wildman–Crippen MR) is 131 cm³/mol. The van der Waals surface area contributed by atoms with Crippen molar-refractivity contribution in [3.05, 3.63) is 65.5 Å². The Morgan fingerprint density at radius 2 is 1.84 bits per heavy atom. The van der Waals surface area contributed by atoms with Gasteiger partial charge in [-0.05, 0) is 42.0 Å². The van der Waals surface area contributed by atoms with Crippen LogP contribution in [0.15, 0.2) is 64.0 Å². The van der Waals surface area contributed by atoms with Crippen molar-refractivity contribution in [1.82, 2.24) is 4.58 Å². The summed E-state index contributed by atoms with van der Waals surface area (Å²) in [5.41, 5.74) is 4.44. The number of fused-ring (bicyclic) bond motifs is 2. The number of isothiocyanates is 1. The first-order valence-electron chi connectivity index (χ1n) is 9.95. The molecule has 0 fully saturated rings. The van der Waals surface area contributed by atoms with E-state index in [2.05, 4.69) is 10.2 Å². The van der Waals surface area contributed by atoms with Crippen molar-refractivity contribution in [2.75, 3.05) is 33.1 Å². The van der Waals surface area contributed by atoms with Crippen LogP contribution in [-0.2, 0) is 0 Å². The molecule has 1 N–H and O–H groups in total. The van der Waals surface area contributed by atoms with Gasteiger partial charge in [0.1, 0.15) is 31.2 Å². The third-order valence-corrected chi connectivity index (χ3v) is 5.47. The molecule has 0 saturated heterocycles. The number of nitrogens with zero attached hydrogens (tertiary/aromatic N) is 3. The van der Waals surface area contributed by atoms with Gasteiger partial charge in [-0.1, -0.05) is 18.2 Å². The van der Waals surface area contributed by atoms with Gasteiger partial charge >= 0.3 is 5.97 Å². The van der Waals surface area contributed by atoms with E-state index >= 15 is 0 Å². The van der Waals surface area contributed by atoms with Gasteiger partial charge in [0.25, 0.3) is 0 Å². The largest absolute Gasteiger partial charge is 0.478 e. The van der Waals surface area contributed by atoms with Gasteiger partial charge in [-0.2, -0.15) is 4.99 Å². The average molecular weight is 445 g/mol. The van der Waals surface area contributed by atoms with Crippen LogP contribution in [0.2, 0.25) is 0 Å². The monoisotopic (exact) mass is 444 g/mol. The number of aromatic carboxylic acids is 1. The number of aliphatic imine (C=N–C) groups is 1. The third kappa shape index (κ3) is 3.58. The molecule has 0 amide bonds. The van der Waals surface area contributed by atoms with Crippen LogP contribution in [0, 0.1) is 0 Å². The van der Waals surface area contributed by atoms with Crippen molar-refractivity contribution in [3.63, 3.8) is 0 Å². The Kier molecular flexibility index (Phi) is 5.61. The molecule has 0 unspecified atom stereocenters. The Bertz CT molecular complexity index is 1460. The van der Waals surface area contributed by atoms with Crippen molar-refractivity contribution >= 4 is 45.7 Å². The number of anilines is 1. The first-order chi connectivity index (χ1) is 15.3. The van der Waals surface area contributed by atoms with Gasteiger partial charge < -0.3 is 14.4 Å². The lowest BCUT2D eigenvalue weighted by atomic mass is 9.90. The number of carbonyl (C=O) groups is 1. The molecule has 0 spiro atoms. The first kappa shape index (κ1) is 21.4. The van der Waals surface area contributed by atoms with Gasteiger partial charge in [0, 0.05) is 36.7 Å². The second-order valence-electron chi connectivity index (χ2n) is 7.81. The minimum atomic E-state index is -0.984. The van der Waals surface area contributed by atoms with Crippen LogP contribution in [0.3, 0.4) is 0 Å². The lowest BCUT2D eigenvalue weighted by molar-refractivity contribution is 0.0697. The number of hydrogen-bond donors (Lipinski definition) is 1. The van der Waals surface area contributed by atoms with Crippen LogP contribution in [0.5, 0.6) is 0 Å². The van der Waals surface area contributed by atoms with Gasteiger partial charge in [-0.3, -0.25) is 0 Å². The van der Waals surface area contributed by atoms with Gasteiger partial charge in [-0.15, -0.1) is 0 Å². The van der Waals surface area contributed by atoms with Crippen LogP contribution >= 0.6 is 12.2 Å². The standard InChI is InChI=1S/C25H21N3O3S/c1-27(2)15-9-10-18-21(13-15)31-24-19(11-12-20(26-14-32)23(24)28(3)4)22(18)16-7-5-6-8-17(16)25(29)30/h5-13H,1-4H3/p+1. The Labute approximate surface area is 190 Å². The highest BCUT2D eigenvalue weighted by Gasteiger charge is 2.24. The molecule has 0 radical (unpaired) electrons. The van der Waals surface area contributed by atoms with Crippen LogP contribution in [0.4, 0.5) is 11.4 Å². The molecular formula is C25H22N3O3S+. The Morgan fingerprint density at radius 1 is 1.09 bits per heavy atom. The number of thiocarbonyl (C=S) groups is 1. The summed E-state index contributed by atoms with van der Waals surface area (Å²) in [6.45, 7) is 0. The maximum Gasteiger partial charge on any atom is 0.336 e. The molecule has 0 bridgehead atoms. The molecule has 7 heteroatoms. The summed E-state index contributed by atoms with van der Waals surface area (Å²) in [5, 5.41) is 14.1. The van der Waals surface area contributed by atoms with Gasteiger partial charge in [0.2, 0.25) is 5.36 Å². The van der Waals surface area contributed by atoms with Crippen molar-refractivity contribution in [2.45, 2.75) is 0 Å². The van der Waals surface area contributed by atoms with Crippen LogP contribution in [-0.4, -0.2) is 44.4 Å². The van der Waals surface area contributed by atoms with E-state index in [4.69, 9.17) is 16.6 Å². The first-order valence-corrected chi connectivity index (χ1v) is 10.4. The van der Waals surface area contributed by atoms with Crippen LogP contribution in [0.1, 0.15) is 10.4 Å². The van der Waals surface area contributed by atoms with Crippen LogP contribution < -0.4 is 14.8 Å². The molecule has 1 aliphatic heterocycles. The molecule has 2 aliphatic rings. The minimum Gasteiger partial charge on any atom is -0.478 e. The Hall–Kier alpha value is -3.80. The zero-order chi connectivity index (χ0) is 23.0. The minimum absolute atomic E-state index is 0.227. The topological polar surface area (TPSA) is 69.1 Å². The highest BCUT2D eigenvalue weighted by Crippen LogP contribution is 2.46. The molecule has 6 nitrogen and oxygen atoms in total. The van der Waals surface area contributed by atoms with E-state index in [0.29, 0.717) is 22.6 Å². The van der Waals surface area contributed by atoms with E-state index in [0.717, 1.165) is 27.6 Å². The van der Waals surface area contributed by atoms with E-state index in [-0.39, 0.29) is 5.56 Å². The number of hydrogen-bond acceptors (Lipinski definition) is 5. The average Bonchev–Trinajstić information content (AvgIpc) is 2.76. The van der Waals surface area contributed by atoms with Gasteiger partial charge in [-0.25, -0.2) is 9.37 Å². The molecule has 1 aliphatic carbocycles. The predicted octanol–water partition coefficient (Wildman–Crippen LogP) is 4.73. The van der Waals surface area contributed by atoms with Crippen molar-refractivity contribution in [1.29, 1.82) is 0 Å². The molecule has 0 aromatic heterocycles. The fourth-order valence-corrected chi connectivity index (χ4v) is 4.04. The molecule has 4 rings (SSSR count). The second-order valence-corrected chi connectivity index (χ2v) is 7.99. The second kappa shape index (κ2) is 8.38. The molecule has 2 aromatic carbocycles. The highest BCUT2D eigenvalue weighted by molar-refractivity contribution is 7.78. The maximum atomic E-state index is 12.1. The number of carboxylic acid groups (broad SMARTS) is 1. The summed E-state index contributed by atoms with van der Waals surface area (Å²) >= 11 is 4.84. The smallest absolute Gasteiger partial charge is 0.336 e. The SMILES string of the molecule is CN(C)c1c(N=C=S)ccc2c(-c3ccccc3C(=O)O)c3ccc(=[N+](C)C)cc-3oc12. The lowest BCUT2D eigenvalue weighted by Gasteiger charge is -2.21. The molecule has 2 aromatic rings. The number of rotatable bonds is 4.